The number of hydrogen-bond acceptors (Lipinski definition) is 4. The molecule has 21 heavy (non-hydrogen) atoms. The summed E-state index contributed by atoms with van der Waals surface area (Å²) in [5.74, 6) is 1.39. The van der Waals surface area contributed by atoms with Crippen molar-refractivity contribution in [3.8, 4) is 0 Å². The first kappa shape index (κ1) is 15.9. The maximum atomic E-state index is 6.14. The van der Waals surface area contributed by atoms with Crippen molar-refractivity contribution in [1.29, 1.82) is 0 Å². The van der Waals surface area contributed by atoms with Crippen LogP contribution in [-0.4, -0.2) is 23.6 Å². The van der Waals surface area contributed by atoms with Crippen LogP contribution in [0.2, 0.25) is 10.0 Å². The molecule has 6 heteroatoms. The number of unbranched alkanes of at least 4 members (excludes halogenated alkanes) is 1. The first-order chi connectivity index (χ1) is 10.1. The van der Waals surface area contributed by atoms with E-state index in [0.29, 0.717) is 16.0 Å². The third-order valence-electron chi connectivity index (χ3n) is 3.06. The normalized spacial score (nSPS) is 10.5. The number of benzene rings is 1. The SMILES string of the molecule is CCCCN(C)c1ccnc(Nc2ccc(Cl)cc2Cl)n1. The molecule has 2 rings (SSSR count). The van der Waals surface area contributed by atoms with Gasteiger partial charge in [0.1, 0.15) is 5.82 Å². The van der Waals surface area contributed by atoms with Gasteiger partial charge in [0.15, 0.2) is 0 Å². The molecule has 1 N–H and O–H groups in total. The van der Waals surface area contributed by atoms with E-state index in [0.717, 1.165) is 30.9 Å². The van der Waals surface area contributed by atoms with Crippen LogP contribution in [-0.2, 0) is 0 Å². The average Bonchev–Trinajstić information content (AvgIpc) is 2.48. The molecule has 112 valence electrons. The lowest BCUT2D eigenvalue weighted by Gasteiger charge is -2.18. The van der Waals surface area contributed by atoms with Crippen LogP contribution < -0.4 is 10.2 Å². The molecule has 0 aliphatic heterocycles. The summed E-state index contributed by atoms with van der Waals surface area (Å²) in [4.78, 5) is 10.8. The fourth-order valence-corrected chi connectivity index (χ4v) is 2.30. The van der Waals surface area contributed by atoms with Crippen molar-refractivity contribution in [3.05, 3.63) is 40.5 Å². The van der Waals surface area contributed by atoms with E-state index in [1.54, 1.807) is 18.3 Å². The molecule has 0 atom stereocenters. The zero-order chi connectivity index (χ0) is 15.2. The third-order valence-corrected chi connectivity index (χ3v) is 3.60. The number of rotatable bonds is 6. The van der Waals surface area contributed by atoms with Gasteiger partial charge in [-0.15, -0.1) is 0 Å². The topological polar surface area (TPSA) is 41.1 Å². The second-order valence-corrected chi connectivity index (χ2v) is 5.61. The van der Waals surface area contributed by atoms with Crippen LogP contribution >= 0.6 is 23.2 Å². The Morgan fingerprint density at radius 2 is 2.05 bits per heavy atom. The second-order valence-electron chi connectivity index (χ2n) is 4.76. The first-order valence-corrected chi connectivity index (χ1v) is 7.62. The van der Waals surface area contributed by atoms with E-state index in [9.17, 15) is 0 Å². The van der Waals surface area contributed by atoms with Crippen LogP contribution in [0.3, 0.4) is 0 Å². The fourth-order valence-electron chi connectivity index (χ4n) is 1.84. The molecule has 2 aromatic rings. The smallest absolute Gasteiger partial charge is 0.229 e. The maximum Gasteiger partial charge on any atom is 0.229 e. The second kappa shape index (κ2) is 7.48. The quantitative estimate of drug-likeness (QED) is 0.831. The average molecular weight is 325 g/mol. The molecule has 4 nitrogen and oxygen atoms in total. The van der Waals surface area contributed by atoms with Gasteiger partial charge >= 0.3 is 0 Å². The molecule has 0 spiro atoms. The van der Waals surface area contributed by atoms with Gasteiger partial charge in [-0.1, -0.05) is 36.5 Å². The Labute approximate surface area is 135 Å². The third kappa shape index (κ3) is 4.48. The van der Waals surface area contributed by atoms with Crippen LogP contribution in [0.15, 0.2) is 30.5 Å². The highest BCUT2D eigenvalue weighted by molar-refractivity contribution is 6.36. The fraction of sp³-hybridized carbons (Fsp3) is 0.333. The lowest BCUT2D eigenvalue weighted by Crippen LogP contribution is -2.20. The number of nitrogens with zero attached hydrogens (tertiary/aromatic N) is 3. The molecule has 0 radical (unpaired) electrons. The van der Waals surface area contributed by atoms with Crippen molar-refractivity contribution in [3.63, 3.8) is 0 Å². The molecular formula is C15H18Cl2N4. The minimum absolute atomic E-state index is 0.514. The molecule has 1 heterocycles. The highest BCUT2D eigenvalue weighted by Gasteiger charge is 2.06. The molecule has 0 amide bonds. The number of aromatic nitrogens is 2. The predicted octanol–water partition coefficient (Wildman–Crippen LogP) is 4.76. The van der Waals surface area contributed by atoms with Gasteiger partial charge in [0.25, 0.3) is 0 Å². The van der Waals surface area contributed by atoms with E-state index in [1.807, 2.05) is 19.2 Å². The van der Waals surface area contributed by atoms with Crippen LogP contribution in [0.1, 0.15) is 19.8 Å². The lowest BCUT2D eigenvalue weighted by atomic mass is 10.3. The van der Waals surface area contributed by atoms with Crippen LogP contribution in [0.25, 0.3) is 0 Å². The summed E-state index contributed by atoms with van der Waals surface area (Å²) in [6.45, 7) is 3.14. The van der Waals surface area contributed by atoms with Gasteiger partial charge in [-0.3, -0.25) is 0 Å². The lowest BCUT2D eigenvalue weighted by molar-refractivity contribution is 0.759. The van der Waals surface area contributed by atoms with Gasteiger partial charge in [0, 0.05) is 24.8 Å². The van der Waals surface area contributed by atoms with Gasteiger partial charge < -0.3 is 10.2 Å². The molecule has 0 aliphatic carbocycles. The number of nitrogens with one attached hydrogen (secondary N) is 1. The molecular weight excluding hydrogens is 307 g/mol. The zero-order valence-corrected chi connectivity index (χ0v) is 13.6. The molecule has 0 saturated heterocycles. The van der Waals surface area contributed by atoms with E-state index in [1.165, 1.54) is 0 Å². The van der Waals surface area contributed by atoms with Gasteiger partial charge in [-0.05, 0) is 30.7 Å². The first-order valence-electron chi connectivity index (χ1n) is 6.86. The molecule has 0 saturated carbocycles. The summed E-state index contributed by atoms with van der Waals surface area (Å²) in [7, 11) is 2.02. The Morgan fingerprint density at radius 1 is 1.24 bits per heavy atom. The van der Waals surface area contributed by atoms with Crippen molar-refractivity contribution in [2.75, 3.05) is 23.8 Å². The molecule has 0 fully saturated rings. The Balaban J connectivity index is 2.13. The van der Waals surface area contributed by atoms with E-state index in [4.69, 9.17) is 23.2 Å². The summed E-state index contributed by atoms with van der Waals surface area (Å²) in [5, 5.41) is 4.25. The Kier molecular flexibility index (Phi) is 5.65. The zero-order valence-electron chi connectivity index (χ0n) is 12.1. The van der Waals surface area contributed by atoms with Crippen molar-refractivity contribution in [2.24, 2.45) is 0 Å². The van der Waals surface area contributed by atoms with Gasteiger partial charge in [0.05, 0.1) is 10.7 Å². The van der Waals surface area contributed by atoms with E-state index < -0.39 is 0 Å². The standard InChI is InChI=1S/C15H18Cl2N4/c1-3-4-9-21(2)14-7-8-18-15(20-14)19-13-6-5-11(16)10-12(13)17/h5-8,10H,3-4,9H2,1-2H3,(H,18,19,20). The highest BCUT2D eigenvalue weighted by Crippen LogP contribution is 2.27. The summed E-state index contributed by atoms with van der Waals surface area (Å²) in [5.41, 5.74) is 0.731. The number of hydrogen-bond donors (Lipinski definition) is 1. The summed E-state index contributed by atoms with van der Waals surface area (Å²) >= 11 is 12.0. The van der Waals surface area contributed by atoms with Crippen LogP contribution in [0.4, 0.5) is 17.5 Å². The number of anilines is 3. The predicted molar refractivity (Wildman–Crippen MR) is 90.0 cm³/mol. The highest BCUT2D eigenvalue weighted by atomic mass is 35.5. The molecule has 1 aromatic heterocycles. The largest absolute Gasteiger partial charge is 0.360 e. The van der Waals surface area contributed by atoms with E-state index in [2.05, 4.69) is 27.1 Å². The Morgan fingerprint density at radius 3 is 2.76 bits per heavy atom. The van der Waals surface area contributed by atoms with Crippen molar-refractivity contribution in [2.45, 2.75) is 19.8 Å². The minimum atomic E-state index is 0.514. The Hall–Kier alpha value is -1.52. The summed E-state index contributed by atoms with van der Waals surface area (Å²) in [6, 6.07) is 7.15. The monoisotopic (exact) mass is 324 g/mol. The van der Waals surface area contributed by atoms with Crippen molar-refractivity contribution in [1.82, 2.24) is 9.97 Å². The van der Waals surface area contributed by atoms with Gasteiger partial charge in [0.2, 0.25) is 5.95 Å². The number of halogens is 2. The van der Waals surface area contributed by atoms with Crippen molar-refractivity contribution < 1.29 is 0 Å². The summed E-state index contributed by atoms with van der Waals surface area (Å²) in [6.07, 6.45) is 4.02. The Bertz CT molecular complexity index is 604. The molecule has 0 unspecified atom stereocenters. The van der Waals surface area contributed by atoms with Crippen LogP contribution in [0, 0.1) is 0 Å². The molecule has 0 aliphatic rings. The van der Waals surface area contributed by atoms with Crippen LogP contribution in [0.5, 0.6) is 0 Å². The molecule has 1 aromatic carbocycles. The van der Waals surface area contributed by atoms with E-state index in [-0.39, 0.29) is 0 Å². The van der Waals surface area contributed by atoms with E-state index >= 15 is 0 Å². The van der Waals surface area contributed by atoms with Gasteiger partial charge in [-0.2, -0.15) is 4.98 Å². The minimum Gasteiger partial charge on any atom is -0.360 e. The molecule has 0 bridgehead atoms. The summed E-state index contributed by atoms with van der Waals surface area (Å²) < 4.78 is 0. The maximum absolute atomic E-state index is 6.14. The van der Waals surface area contributed by atoms with Gasteiger partial charge in [-0.25, -0.2) is 4.98 Å². The van der Waals surface area contributed by atoms with Crippen molar-refractivity contribution >= 4 is 40.7 Å².